The highest BCUT2D eigenvalue weighted by Gasteiger charge is 2.11. The van der Waals surface area contributed by atoms with Crippen molar-refractivity contribution >= 4 is 5.69 Å². The number of nitrogens with two attached hydrogens (primary N) is 1. The van der Waals surface area contributed by atoms with Gasteiger partial charge in [-0.2, -0.15) is 0 Å². The Bertz CT molecular complexity index is 348. The van der Waals surface area contributed by atoms with Crippen LogP contribution in [0.1, 0.15) is 18.4 Å². The molecule has 1 aromatic heterocycles. The normalized spacial score (nSPS) is 16.6. The van der Waals surface area contributed by atoms with Crippen molar-refractivity contribution in [3.8, 4) is 5.88 Å². The Morgan fingerprint density at radius 2 is 2.19 bits per heavy atom. The first-order chi connectivity index (χ1) is 7.77. The van der Waals surface area contributed by atoms with Gasteiger partial charge in [-0.25, -0.2) is 4.98 Å². The topological polar surface area (TPSA) is 51.4 Å². The van der Waals surface area contributed by atoms with Gasteiger partial charge in [0.25, 0.3) is 0 Å². The standard InChI is InChI=1S/C12H19N3O/c1-10-4-5-14-12(11(10)13)16-9-8-15-6-2-3-7-15/h4-5H,2-3,6-9,13H2,1H3. The minimum Gasteiger partial charge on any atom is -0.475 e. The highest BCUT2D eigenvalue weighted by molar-refractivity contribution is 5.53. The van der Waals surface area contributed by atoms with E-state index in [4.69, 9.17) is 10.5 Å². The second kappa shape index (κ2) is 5.16. The summed E-state index contributed by atoms with van der Waals surface area (Å²) in [6.07, 6.45) is 4.35. The SMILES string of the molecule is Cc1ccnc(OCCN2CCCC2)c1N. The number of aryl methyl sites for hydroxylation is 1. The van der Waals surface area contributed by atoms with E-state index in [0.717, 1.165) is 12.1 Å². The first-order valence-corrected chi connectivity index (χ1v) is 5.83. The number of likely N-dealkylation sites (tertiary alicyclic amines) is 1. The first kappa shape index (κ1) is 11.2. The largest absolute Gasteiger partial charge is 0.475 e. The van der Waals surface area contributed by atoms with Crippen LogP contribution in [0.4, 0.5) is 5.69 Å². The number of rotatable bonds is 4. The molecule has 2 N–H and O–H groups in total. The van der Waals surface area contributed by atoms with Gasteiger partial charge in [0.15, 0.2) is 0 Å². The maximum Gasteiger partial charge on any atom is 0.237 e. The summed E-state index contributed by atoms with van der Waals surface area (Å²) in [5, 5.41) is 0. The average molecular weight is 221 g/mol. The molecule has 2 rings (SSSR count). The van der Waals surface area contributed by atoms with Crippen LogP contribution in [-0.2, 0) is 0 Å². The molecule has 1 aromatic rings. The fourth-order valence-corrected chi connectivity index (χ4v) is 1.94. The van der Waals surface area contributed by atoms with Gasteiger partial charge in [0.05, 0.1) is 5.69 Å². The summed E-state index contributed by atoms with van der Waals surface area (Å²) < 4.78 is 5.60. The van der Waals surface area contributed by atoms with E-state index in [1.165, 1.54) is 25.9 Å². The molecule has 0 unspecified atom stereocenters. The minimum atomic E-state index is 0.569. The van der Waals surface area contributed by atoms with Gasteiger partial charge in [-0.1, -0.05) is 0 Å². The van der Waals surface area contributed by atoms with Gasteiger partial charge < -0.3 is 10.5 Å². The molecule has 1 fully saturated rings. The molecule has 0 aliphatic carbocycles. The summed E-state index contributed by atoms with van der Waals surface area (Å²) >= 11 is 0. The van der Waals surface area contributed by atoms with E-state index >= 15 is 0 Å². The molecular formula is C12H19N3O. The zero-order chi connectivity index (χ0) is 11.4. The van der Waals surface area contributed by atoms with Gasteiger partial charge in [0, 0.05) is 12.7 Å². The van der Waals surface area contributed by atoms with E-state index in [1.807, 2.05) is 13.0 Å². The highest BCUT2D eigenvalue weighted by atomic mass is 16.5. The van der Waals surface area contributed by atoms with Crippen LogP contribution in [0, 0.1) is 6.92 Å². The van der Waals surface area contributed by atoms with Crippen molar-refractivity contribution in [2.45, 2.75) is 19.8 Å². The summed E-state index contributed by atoms with van der Waals surface area (Å²) in [7, 11) is 0. The summed E-state index contributed by atoms with van der Waals surface area (Å²) in [6.45, 7) is 5.99. The van der Waals surface area contributed by atoms with Crippen molar-refractivity contribution in [1.82, 2.24) is 9.88 Å². The molecule has 16 heavy (non-hydrogen) atoms. The second-order valence-corrected chi connectivity index (χ2v) is 4.24. The van der Waals surface area contributed by atoms with E-state index in [9.17, 15) is 0 Å². The maximum atomic E-state index is 5.88. The number of ether oxygens (including phenoxy) is 1. The molecule has 0 spiro atoms. The van der Waals surface area contributed by atoms with Crippen molar-refractivity contribution in [1.29, 1.82) is 0 Å². The van der Waals surface area contributed by atoms with Gasteiger partial charge in [-0.05, 0) is 44.5 Å². The smallest absolute Gasteiger partial charge is 0.237 e. The number of nitrogens with zero attached hydrogens (tertiary/aromatic N) is 2. The molecule has 88 valence electrons. The lowest BCUT2D eigenvalue weighted by atomic mass is 10.2. The van der Waals surface area contributed by atoms with Crippen molar-refractivity contribution in [3.63, 3.8) is 0 Å². The second-order valence-electron chi connectivity index (χ2n) is 4.24. The van der Waals surface area contributed by atoms with Gasteiger partial charge in [0.2, 0.25) is 5.88 Å². The van der Waals surface area contributed by atoms with E-state index in [0.29, 0.717) is 18.2 Å². The van der Waals surface area contributed by atoms with Crippen molar-refractivity contribution < 1.29 is 4.74 Å². The summed E-state index contributed by atoms with van der Waals surface area (Å²) in [5.74, 6) is 0.569. The van der Waals surface area contributed by atoms with E-state index in [1.54, 1.807) is 6.20 Å². The third-order valence-electron chi connectivity index (χ3n) is 3.02. The molecular weight excluding hydrogens is 202 g/mol. The fourth-order valence-electron chi connectivity index (χ4n) is 1.94. The lowest BCUT2D eigenvalue weighted by molar-refractivity contribution is 0.233. The average Bonchev–Trinajstić information content (AvgIpc) is 2.77. The van der Waals surface area contributed by atoms with Gasteiger partial charge >= 0.3 is 0 Å². The van der Waals surface area contributed by atoms with Gasteiger partial charge in [-0.3, -0.25) is 4.90 Å². The molecule has 0 saturated carbocycles. The maximum absolute atomic E-state index is 5.88. The van der Waals surface area contributed by atoms with Crippen LogP contribution in [0.3, 0.4) is 0 Å². The first-order valence-electron chi connectivity index (χ1n) is 5.83. The van der Waals surface area contributed by atoms with Gasteiger partial charge in [-0.15, -0.1) is 0 Å². The molecule has 4 nitrogen and oxygen atoms in total. The summed E-state index contributed by atoms with van der Waals surface area (Å²) in [6, 6.07) is 1.89. The van der Waals surface area contributed by atoms with Crippen LogP contribution < -0.4 is 10.5 Å². The van der Waals surface area contributed by atoms with Crippen molar-refractivity contribution in [3.05, 3.63) is 17.8 Å². The van der Waals surface area contributed by atoms with Crippen molar-refractivity contribution in [2.24, 2.45) is 0 Å². The Kier molecular flexibility index (Phi) is 3.62. The summed E-state index contributed by atoms with van der Waals surface area (Å²) in [4.78, 5) is 6.55. The zero-order valence-corrected chi connectivity index (χ0v) is 9.78. The van der Waals surface area contributed by atoms with Crippen LogP contribution in [0.5, 0.6) is 5.88 Å². The summed E-state index contributed by atoms with van der Waals surface area (Å²) in [5.41, 5.74) is 7.55. The van der Waals surface area contributed by atoms with E-state index in [-0.39, 0.29) is 0 Å². The van der Waals surface area contributed by atoms with Crippen LogP contribution >= 0.6 is 0 Å². The molecule has 0 radical (unpaired) electrons. The molecule has 0 atom stereocenters. The molecule has 1 aliphatic rings. The Labute approximate surface area is 96.4 Å². The van der Waals surface area contributed by atoms with Crippen LogP contribution in [-0.4, -0.2) is 36.1 Å². The Morgan fingerprint density at radius 1 is 1.44 bits per heavy atom. The number of anilines is 1. The van der Waals surface area contributed by atoms with Crippen LogP contribution in [0.25, 0.3) is 0 Å². The van der Waals surface area contributed by atoms with E-state index in [2.05, 4.69) is 9.88 Å². The number of pyridine rings is 1. The number of aromatic nitrogens is 1. The van der Waals surface area contributed by atoms with Crippen LogP contribution in [0.2, 0.25) is 0 Å². The molecule has 1 aliphatic heterocycles. The third-order valence-corrected chi connectivity index (χ3v) is 3.02. The Balaban J connectivity index is 1.82. The monoisotopic (exact) mass is 221 g/mol. The lowest BCUT2D eigenvalue weighted by Crippen LogP contribution is -2.25. The minimum absolute atomic E-state index is 0.569. The third kappa shape index (κ3) is 2.64. The molecule has 0 bridgehead atoms. The van der Waals surface area contributed by atoms with Crippen molar-refractivity contribution in [2.75, 3.05) is 32.0 Å². The van der Waals surface area contributed by atoms with E-state index < -0.39 is 0 Å². The molecule has 1 saturated heterocycles. The molecule has 2 heterocycles. The molecule has 0 amide bonds. The molecule has 4 heteroatoms. The van der Waals surface area contributed by atoms with Crippen LogP contribution in [0.15, 0.2) is 12.3 Å². The number of hydrogen-bond donors (Lipinski definition) is 1. The zero-order valence-electron chi connectivity index (χ0n) is 9.78. The predicted molar refractivity (Wildman–Crippen MR) is 64.6 cm³/mol. The molecule has 0 aromatic carbocycles. The highest BCUT2D eigenvalue weighted by Crippen LogP contribution is 2.21. The lowest BCUT2D eigenvalue weighted by Gasteiger charge is -2.15. The quantitative estimate of drug-likeness (QED) is 0.836. The number of hydrogen-bond acceptors (Lipinski definition) is 4. The number of nitrogen functional groups attached to an aromatic ring is 1. The fraction of sp³-hybridized carbons (Fsp3) is 0.583. The Hall–Kier alpha value is -1.29. The van der Waals surface area contributed by atoms with Gasteiger partial charge in [0.1, 0.15) is 6.61 Å². The Morgan fingerprint density at radius 3 is 2.94 bits per heavy atom. The predicted octanol–water partition coefficient (Wildman–Crippen LogP) is 1.45.